The lowest BCUT2D eigenvalue weighted by Gasteiger charge is -2.09. The third kappa shape index (κ3) is 4.50. The van der Waals surface area contributed by atoms with Crippen molar-refractivity contribution in [2.45, 2.75) is 27.3 Å². The number of hydrogen-bond donors (Lipinski definition) is 2. The number of nitrogens with two attached hydrogens (primary N) is 1. The fourth-order valence-electron chi connectivity index (χ4n) is 2.76. The SMILES string of the molecule is Cc1ccc(NC(N)=NCCn2c(C)nc3ccccc32)cc1C.I. The number of rotatable bonds is 4. The Kier molecular flexibility index (Phi) is 6.41. The molecule has 0 saturated carbocycles. The Labute approximate surface area is 165 Å². The first-order chi connectivity index (χ1) is 11.5. The molecule has 132 valence electrons. The standard InChI is InChI=1S/C19H23N5.HI/c1-13-8-9-16(12-14(13)2)23-19(20)21-10-11-24-15(3)22-17-6-4-5-7-18(17)24;/h4-9,12H,10-11H2,1-3H3,(H3,20,21,23);1H. The molecule has 2 aromatic carbocycles. The maximum atomic E-state index is 6.00. The maximum absolute atomic E-state index is 6.00. The van der Waals surface area contributed by atoms with Crippen molar-refractivity contribution in [3.8, 4) is 0 Å². The number of nitrogens with zero attached hydrogens (tertiary/aromatic N) is 3. The molecule has 0 amide bonds. The highest BCUT2D eigenvalue weighted by Crippen LogP contribution is 2.15. The minimum atomic E-state index is 0. The van der Waals surface area contributed by atoms with Crippen LogP contribution in [-0.4, -0.2) is 22.1 Å². The summed E-state index contributed by atoms with van der Waals surface area (Å²) >= 11 is 0. The van der Waals surface area contributed by atoms with Crippen molar-refractivity contribution in [1.82, 2.24) is 9.55 Å². The monoisotopic (exact) mass is 449 g/mol. The minimum Gasteiger partial charge on any atom is -0.370 e. The van der Waals surface area contributed by atoms with Crippen molar-refractivity contribution in [3.63, 3.8) is 0 Å². The van der Waals surface area contributed by atoms with Gasteiger partial charge in [0.15, 0.2) is 5.96 Å². The van der Waals surface area contributed by atoms with E-state index in [-0.39, 0.29) is 24.0 Å². The van der Waals surface area contributed by atoms with E-state index in [9.17, 15) is 0 Å². The Bertz CT molecular complexity index is 898. The first-order valence-electron chi connectivity index (χ1n) is 8.10. The van der Waals surface area contributed by atoms with E-state index in [1.54, 1.807) is 0 Å². The Morgan fingerprint density at radius 2 is 1.88 bits per heavy atom. The lowest BCUT2D eigenvalue weighted by atomic mass is 10.1. The molecule has 0 spiro atoms. The second kappa shape index (κ2) is 8.33. The van der Waals surface area contributed by atoms with Crippen molar-refractivity contribution < 1.29 is 0 Å². The van der Waals surface area contributed by atoms with Crippen molar-refractivity contribution >= 4 is 46.7 Å². The van der Waals surface area contributed by atoms with Gasteiger partial charge in [-0.15, -0.1) is 24.0 Å². The van der Waals surface area contributed by atoms with Gasteiger partial charge < -0.3 is 15.6 Å². The molecule has 3 rings (SSSR count). The average molecular weight is 449 g/mol. The van der Waals surface area contributed by atoms with E-state index in [0.717, 1.165) is 29.1 Å². The van der Waals surface area contributed by atoms with Gasteiger partial charge in [-0.3, -0.25) is 4.99 Å². The van der Waals surface area contributed by atoms with Gasteiger partial charge in [0.2, 0.25) is 0 Å². The van der Waals surface area contributed by atoms with Gasteiger partial charge in [0, 0.05) is 12.2 Å². The van der Waals surface area contributed by atoms with Gasteiger partial charge in [0.1, 0.15) is 5.82 Å². The normalized spacial score (nSPS) is 11.4. The fraction of sp³-hybridized carbons (Fsp3) is 0.263. The van der Waals surface area contributed by atoms with Crippen LogP contribution < -0.4 is 11.1 Å². The van der Waals surface area contributed by atoms with Crippen LogP contribution in [-0.2, 0) is 6.54 Å². The summed E-state index contributed by atoms with van der Waals surface area (Å²) in [5, 5.41) is 3.14. The second-order valence-electron chi connectivity index (χ2n) is 5.99. The summed E-state index contributed by atoms with van der Waals surface area (Å²) in [6.45, 7) is 7.54. The molecule has 0 atom stereocenters. The van der Waals surface area contributed by atoms with Crippen molar-refractivity contribution in [1.29, 1.82) is 0 Å². The zero-order valence-electron chi connectivity index (χ0n) is 14.8. The van der Waals surface area contributed by atoms with Gasteiger partial charge in [-0.25, -0.2) is 4.98 Å². The smallest absolute Gasteiger partial charge is 0.193 e. The Morgan fingerprint density at radius 3 is 2.64 bits per heavy atom. The van der Waals surface area contributed by atoms with Crippen LogP contribution in [0.25, 0.3) is 11.0 Å². The topological polar surface area (TPSA) is 68.2 Å². The second-order valence-corrected chi connectivity index (χ2v) is 5.99. The lowest BCUT2D eigenvalue weighted by Crippen LogP contribution is -2.23. The number of guanidine groups is 1. The van der Waals surface area contributed by atoms with Crippen LogP contribution in [0.2, 0.25) is 0 Å². The highest BCUT2D eigenvalue weighted by atomic mass is 127. The Balaban J connectivity index is 0.00000225. The third-order valence-electron chi connectivity index (χ3n) is 4.23. The van der Waals surface area contributed by atoms with Crippen LogP contribution in [0.3, 0.4) is 0 Å². The number of aryl methyl sites for hydroxylation is 3. The minimum absolute atomic E-state index is 0. The third-order valence-corrected chi connectivity index (χ3v) is 4.23. The zero-order valence-corrected chi connectivity index (χ0v) is 17.1. The van der Waals surface area contributed by atoms with Crippen LogP contribution in [0.15, 0.2) is 47.5 Å². The molecule has 1 aromatic heterocycles. The number of nitrogens with one attached hydrogen (secondary N) is 1. The van der Waals surface area contributed by atoms with Gasteiger partial charge in [0.05, 0.1) is 17.6 Å². The number of para-hydroxylation sites is 2. The molecule has 0 fully saturated rings. The molecule has 0 aliphatic carbocycles. The molecule has 5 nitrogen and oxygen atoms in total. The number of halogens is 1. The van der Waals surface area contributed by atoms with Crippen LogP contribution in [0, 0.1) is 20.8 Å². The highest BCUT2D eigenvalue weighted by Gasteiger charge is 2.05. The maximum Gasteiger partial charge on any atom is 0.193 e. The van der Waals surface area contributed by atoms with Crippen molar-refractivity contribution in [2.75, 3.05) is 11.9 Å². The van der Waals surface area contributed by atoms with E-state index in [0.29, 0.717) is 12.5 Å². The number of fused-ring (bicyclic) bond motifs is 1. The molecule has 25 heavy (non-hydrogen) atoms. The summed E-state index contributed by atoms with van der Waals surface area (Å²) in [6, 6.07) is 14.3. The van der Waals surface area contributed by atoms with Crippen molar-refractivity contribution in [3.05, 3.63) is 59.4 Å². The summed E-state index contributed by atoms with van der Waals surface area (Å²) in [5.41, 5.74) is 11.6. The zero-order chi connectivity index (χ0) is 17.1. The predicted molar refractivity (Wildman–Crippen MR) is 116 cm³/mol. The molecule has 0 aliphatic rings. The van der Waals surface area contributed by atoms with E-state index in [1.165, 1.54) is 11.1 Å². The molecule has 0 bridgehead atoms. The van der Waals surface area contributed by atoms with E-state index < -0.39 is 0 Å². The summed E-state index contributed by atoms with van der Waals surface area (Å²) < 4.78 is 2.17. The van der Waals surface area contributed by atoms with E-state index >= 15 is 0 Å². The van der Waals surface area contributed by atoms with Gasteiger partial charge in [-0.2, -0.15) is 0 Å². The molecule has 1 heterocycles. The fourth-order valence-corrected chi connectivity index (χ4v) is 2.76. The quantitative estimate of drug-likeness (QED) is 0.360. The van der Waals surface area contributed by atoms with Gasteiger partial charge in [-0.1, -0.05) is 18.2 Å². The average Bonchev–Trinajstić information content (AvgIpc) is 2.87. The summed E-state index contributed by atoms with van der Waals surface area (Å²) in [5.74, 6) is 1.42. The van der Waals surface area contributed by atoms with Crippen LogP contribution in [0.5, 0.6) is 0 Å². The molecule has 0 unspecified atom stereocenters. The summed E-state index contributed by atoms with van der Waals surface area (Å²) in [7, 11) is 0. The van der Waals surface area contributed by atoms with E-state index in [1.807, 2.05) is 31.2 Å². The molecule has 3 N–H and O–H groups in total. The molecule has 6 heteroatoms. The number of anilines is 1. The van der Waals surface area contributed by atoms with E-state index in [2.05, 4.69) is 51.9 Å². The first kappa shape index (κ1) is 19.2. The predicted octanol–water partition coefficient (Wildman–Crippen LogP) is 4.01. The Morgan fingerprint density at radius 1 is 1.12 bits per heavy atom. The lowest BCUT2D eigenvalue weighted by molar-refractivity contribution is 0.704. The summed E-state index contributed by atoms with van der Waals surface area (Å²) in [6.07, 6.45) is 0. The molecule has 3 aromatic rings. The molecule has 0 saturated heterocycles. The highest BCUT2D eigenvalue weighted by molar-refractivity contribution is 14.0. The molecular formula is C19H24IN5. The molecule has 0 radical (unpaired) electrons. The number of aromatic nitrogens is 2. The molecule has 0 aliphatic heterocycles. The molecular weight excluding hydrogens is 425 g/mol. The number of benzene rings is 2. The van der Waals surface area contributed by atoms with E-state index in [4.69, 9.17) is 5.73 Å². The largest absolute Gasteiger partial charge is 0.370 e. The van der Waals surface area contributed by atoms with Crippen LogP contribution in [0.4, 0.5) is 5.69 Å². The summed E-state index contributed by atoms with van der Waals surface area (Å²) in [4.78, 5) is 8.99. The van der Waals surface area contributed by atoms with Gasteiger partial charge >= 0.3 is 0 Å². The van der Waals surface area contributed by atoms with Gasteiger partial charge in [0.25, 0.3) is 0 Å². The number of aliphatic imine (C=N–C) groups is 1. The van der Waals surface area contributed by atoms with Crippen LogP contribution in [0.1, 0.15) is 17.0 Å². The Hall–Kier alpha value is -2.09. The van der Waals surface area contributed by atoms with Crippen LogP contribution >= 0.6 is 24.0 Å². The first-order valence-corrected chi connectivity index (χ1v) is 8.10. The number of imidazole rings is 1. The van der Waals surface area contributed by atoms with Crippen molar-refractivity contribution in [2.24, 2.45) is 10.7 Å². The van der Waals surface area contributed by atoms with Gasteiger partial charge in [-0.05, 0) is 56.2 Å². The number of hydrogen-bond acceptors (Lipinski definition) is 2.